The average Bonchev–Trinajstić information content (AvgIpc) is 3.19. The normalized spacial score (nSPS) is 10.7. The van der Waals surface area contributed by atoms with Crippen LogP contribution in [0.25, 0.3) is 0 Å². The summed E-state index contributed by atoms with van der Waals surface area (Å²) < 4.78 is 13.9. The molecule has 0 aliphatic heterocycles. The van der Waals surface area contributed by atoms with Crippen molar-refractivity contribution in [1.82, 2.24) is 9.88 Å². The van der Waals surface area contributed by atoms with Gasteiger partial charge in [0.1, 0.15) is 5.82 Å². The standard InChI is InChI=1S/C21H21FN2OS/c22-20-8-2-1-6-18(20)11-13-24(16-17-5-3-12-23-15-17)21(25)10-9-19-7-4-14-26-19/h1-8,12,14-15H,9-11,13,16H2. The number of nitrogens with zero attached hydrogens (tertiary/aromatic N) is 2. The summed E-state index contributed by atoms with van der Waals surface area (Å²) in [6.07, 6.45) is 5.17. The van der Waals surface area contributed by atoms with Gasteiger partial charge < -0.3 is 4.90 Å². The Bertz CT molecular complexity index is 821. The van der Waals surface area contributed by atoms with Crippen LogP contribution in [-0.2, 0) is 24.2 Å². The van der Waals surface area contributed by atoms with Crippen LogP contribution in [0.3, 0.4) is 0 Å². The maximum Gasteiger partial charge on any atom is 0.223 e. The molecule has 2 heterocycles. The highest BCUT2D eigenvalue weighted by Crippen LogP contribution is 2.14. The van der Waals surface area contributed by atoms with E-state index in [4.69, 9.17) is 0 Å². The third-order valence-electron chi connectivity index (χ3n) is 4.22. The number of amides is 1. The van der Waals surface area contributed by atoms with E-state index in [0.717, 1.165) is 12.0 Å². The van der Waals surface area contributed by atoms with E-state index in [1.165, 1.54) is 10.9 Å². The second kappa shape index (κ2) is 9.25. The first-order valence-corrected chi connectivity index (χ1v) is 9.53. The molecule has 0 atom stereocenters. The molecule has 3 aromatic rings. The van der Waals surface area contributed by atoms with Crippen molar-refractivity contribution in [3.8, 4) is 0 Å². The molecule has 2 aromatic heterocycles. The average molecular weight is 368 g/mol. The van der Waals surface area contributed by atoms with Crippen molar-refractivity contribution in [1.29, 1.82) is 0 Å². The summed E-state index contributed by atoms with van der Waals surface area (Å²) in [5, 5.41) is 2.02. The predicted molar refractivity (Wildman–Crippen MR) is 102 cm³/mol. The van der Waals surface area contributed by atoms with Gasteiger partial charge >= 0.3 is 0 Å². The molecule has 5 heteroatoms. The van der Waals surface area contributed by atoms with Gasteiger partial charge in [-0.3, -0.25) is 9.78 Å². The van der Waals surface area contributed by atoms with Crippen molar-refractivity contribution in [2.24, 2.45) is 0 Å². The lowest BCUT2D eigenvalue weighted by atomic mass is 10.1. The van der Waals surface area contributed by atoms with Crippen molar-refractivity contribution in [2.45, 2.75) is 25.8 Å². The van der Waals surface area contributed by atoms with E-state index < -0.39 is 0 Å². The highest BCUT2D eigenvalue weighted by molar-refractivity contribution is 7.09. The number of hydrogen-bond acceptors (Lipinski definition) is 3. The summed E-state index contributed by atoms with van der Waals surface area (Å²) in [5.74, 6) is -0.140. The van der Waals surface area contributed by atoms with Gasteiger partial charge in [0.2, 0.25) is 5.91 Å². The van der Waals surface area contributed by atoms with Crippen LogP contribution in [0, 0.1) is 5.82 Å². The summed E-state index contributed by atoms with van der Waals surface area (Å²) >= 11 is 1.66. The van der Waals surface area contributed by atoms with Crippen LogP contribution in [0.5, 0.6) is 0 Å². The van der Waals surface area contributed by atoms with Crippen LogP contribution >= 0.6 is 11.3 Å². The zero-order valence-electron chi connectivity index (χ0n) is 14.5. The van der Waals surface area contributed by atoms with Crippen molar-refractivity contribution in [2.75, 3.05) is 6.54 Å². The molecule has 3 nitrogen and oxygen atoms in total. The van der Waals surface area contributed by atoms with Crippen LogP contribution in [0.1, 0.15) is 22.4 Å². The lowest BCUT2D eigenvalue weighted by Gasteiger charge is -2.23. The molecule has 0 bridgehead atoms. The molecule has 0 spiro atoms. The maximum atomic E-state index is 13.9. The predicted octanol–water partition coefficient (Wildman–Crippen LogP) is 4.49. The van der Waals surface area contributed by atoms with E-state index in [9.17, 15) is 9.18 Å². The summed E-state index contributed by atoms with van der Waals surface area (Å²) in [4.78, 5) is 19.9. The van der Waals surface area contributed by atoms with E-state index in [1.807, 2.05) is 35.7 Å². The fraction of sp³-hybridized carbons (Fsp3) is 0.238. The summed E-state index contributed by atoms with van der Waals surface area (Å²) in [7, 11) is 0. The lowest BCUT2D eigenvalue weighted by molar-refractivity contribution is -0.131. The Labute approximate surface area is 157 Å². The number of aromatic nitrogens is 1. The van der Waals surface area contributed by atoms with E-state index in [-0.39, 0.29) is 11.7 Å². The molecule has 0 radical (unpaired) electrons. The molecule has 26 heavy (non-hydrogen) atoms. The maximum absolute atomic E-state index is 13.9. The van der Waals surface area contributed by atoms with E-state index in [2.05, 4.69) is 4.98 Å². The van der Waals surface area contributed by atoms with Gasteiger partial charge in [-0.15, -0.1) is 11.3 Å². The number of aryl methyl sites for hydroxylation is 1. The summed E-state index contributed by atoms with van der Waals surface area (Å²) in [6, 6.07) is 14.6. The van der Waals surface area contributed by atoms with Gasteiger partial charge in [0.25, 0.3) is 0 Å². The van der Waals surface area contributed by atoms with Crippen molar-refractivity contribution >= 4 is 17.2 Å². The lowest BCUT2D eigenvalue weighted by Crippen LogP contribution is -2.32. The topological polar surface area (TPSA) is 33.2 Å². The van der Waals surface area contributed by atoms with E-state index in [1.54, 1.807) is 40.8 Å². The number of carbonyl (C=O) groups is 1. The molecule has 0 aliphatic carbocycles. The minimum absolute atomic E-state index is 0.0820. The molecule has 3 rings (SSSR count). The Balaban J connectivity index is 1.66. The van der Waals surface area contributed by atoms with Crippen LogP contribution in [-0.4, -0.2) is 22.3 Å². The minimum Gasteiger partial charge on any atom is -0.338 e. The summed E-state index contributed by atoms with van der Waals surface area (Å²) in [5.41, 5.74) is 1.61. The molecule has 1 amide bonds. The molecule has 0 unspecified atom stereocenters. The van der Waals surface area contributed by atoms with E-state index >= 15 is 0 Å². The number of thiophene rings is 1. The Hall–Kier alpha value is -2.53. The number of rotatable bonds is 8. The zero-order chi connectivity index (χ0) is 18.2. The Morgan fingerprint density at radius 3 is 2.69 bits per heavy atom. The quantitative estimate of drug-likeness (QED) is 0.587. The third-order valence-corrected chi connectivity index (χ3v) is 5.16. The Morgan fingerprint density at radius 1 is 1.08 bits per heavy atom. The molecule has 134 valence electrons. The van der Waals surface area contributed by atoms with Crippen LogP contribution in [0.15, 0.2) is 66.3 Å². The molecule has 0 saturated heterocycles. The second-order valence-electron chi connectivity index (χ2n) is 6.10. The van der Waals surface area contributed by atoms with Crippen molar-refractivity contribution in [3.63, 3.8) is 0 Å². The number of hydrogen-bond donors (Lipinski definition) is 0. The fourth-order valence-corrected chi connectivity index (χ4v) is 3.51. The highest BCUT2D eigenvalue weighted by atomic mass is 32.1. The zero-order valence-corrected chi connectivity index (χ0v) is 15.3. The van der Waals surface area contributed by atoms with Gasteiger partial charge in [0.05, 0.1) is 0 Å². The number of halogens is 1. The monoisotopic (exact) mass is 368 g/mol. The molecular weight excluding hydrogens is 347 g/mol. The van der Waals surface area contributed by atoms with Crippen LogP contribution in [0.4, 0.5) is 4.39 Å². The van der Waals surface area contributed by atoms with Gasteiger partial charge in [-0.05, 0) is 47.5 Å². The largest absolute Gasteiger partial charge is 0.338 e. The molecule has 0 fully saturated rings. The Morgan fingerprint density at radius 2 is 1.96 bits per heavy atom. The number of pyridine rings is 1. The minimum atomic E-state index is -0.222. The first-order valence-electron chi connectivity index (χ1n) is 8.65. The van der Waals surface area contributed by atoms with Crippen LogP contribution in [0.2, 0.25) is 0 Å². The van der Waals surface area contributed by atoms with Gasteiger partial charge in [-0.1, -0.05) is 30.3 Å². The molecular formula is C21H21FN2OS. The third kappa shape index (κ3) is 5.23. The smallest absolute Gasteiger partial charge is 0.223 e. The number of carbonyl (C=O) groups excluding carboxylic acids is 1. The SMILES string of the molecule is O=C(CCc1cccs1)N(CCc1ccccc1F)Cc1cccnc1. The Kier molecular flexibility index (Phi) is 6.50. The van der Waals surface area contributed by atoms with Gasteiger partial charge in [-0.2, -0.15) is 0 Å². The van der Waals surface area contributed by atoms with Gasteiger partial charge in [-0.25, -0.2) is 4.39 Å². The molecule has 0 aliphatic rings. The number of benzene rings is 1. The fourth-order valence-electron chi connectivity index (χ4n) is 2.80. The first kappa shape index (κ1) is 18.3. The van der Waals surface area contributed by atoms with Crippen LogP contribution < -0.4 is 0 Å². The highest BCUT2D eigenvalue weighted by Gasteiger charge is 2.15. The van der Waals surface area contributed by atoms with Gasteiger partial charge in [0, 0.05) is 36.8 Å². The molecule has 1 aromatic carbocycles. The second-order valence-corrected chi connectivity index (χ2v) is 7.13. The first-order chi connectivity index (χ1) is 12.7. The van der Waals surface area contributed by atoms with Gasteiger partial charge in [0.15, 0.2) is 0 Å². The van der Waals surface area contributed by atoms with Crippen molar-refractivity contribution in [3.05, 3.63) is 88.1 Å². The molecule has 0 saturated carbocycles. The molecule has 0 N–H and O–H groups in total. The van der Waals surface area contributed by atoms with E-state index in [0.29, 0.717) is 31.5 Å². The summed E-state index contributed by atoms with van der Waals surface area (Å²) in [6.45, 7) is 0.977. The van der Waals surface area contributed by atoms with Crippen molar-refractivity contribution < 1.29 is 9.18 Å².